The molecule has 1 fully saturated rings. The Morgan fingerprint density at radius 3 is 2.45 bits per heavy atom. The van der Waals surface area contributed by atoms with Gasteiger partial charge in [0.1, 0.15) is 11.5 Å². The van der Waals surface area contributed by atoms with Crippen molar-refractivity contribution in [3.05, 3.63) is 77.1 Å². The van der Waals surface area contributed by atoms with E-state index < -0.39 is 0 Å². The van der Waals surface area contributed by atoms with E-state index in [4.69, 9.17) is 18.9 Å². The Morgan fingerprint density at radius 1 is 0.974 bits per heavy atom. The second kappa shape index (κ2) is 11.7. The predicted octanol–water partition coefficient (Wildman–Crippen LogP) is 4.11. The predicted molar refractivity (Wildman–Crippen MR) is 144 cm³/mol. The van der Waals surface area contributed by atoms with E-state index in [9.17, 15) is 4.79 Å². The third-order valence-electron chi connectivity index (χ3n) is 7.15. The normalized spacial score (nSPS) is 16.9. The van der Waals surface area contributed by atoms with Crippen LogP contribution in [-0.4, -0.2) is 56.3 Å². The van der Waals surface area contributed by atoms with Crippen LogP contribution in [0.1, 0.15) is 41.3 Å². The molecule has 1 aliphatic carbocycles. The van der Waals surface area contributed by atoms with Crippen LogP contribution in [0.25, 0.3) is 0 Å². The summed E-state index contributed by atoms with van der Waals surface area (Å²) < 4.78 is 23.2. The number of fused-ring (bicyclic) bond motifs is 1. The van der Waals surface area contributed by atoms with Crippen LogP contribution in [0.4, 0.5) is 0 Å². The molecule has 0 radical (unpaired) electrons. The molecule has 1 N–H and O–H groups in total. The van der Waals surface area contributed by atoms with Gasteiger partial charge in [-0.3, -0.25) is 14.7 Å². The molecule has 38 heavy (non-hydrogen) atoms. The van der Waals surface area contributed by atoms with Crippen molar-refractivity contribution in [3.63, 3.8) is 0 Å². The Morgan fingerprint density at radius 2 is 1.74 bits per heavy atom. The highest BCUT2D eigenvalue weighted by molar-refractivity contribution is 5.78. The van der Waals surface area contributed by atoms with Gasteiger partial charge in [0.05, 0.1) is 46.2 Å². The van der Waals surface area contributed by atoms with Crippen LogP contribution in [0.3, 0.4) is 0 Å². The van der Waals surface area contributed by atoms with Crippen LogP contribution in [0.5, 0.6) is 23.0 Å². The average molecular weight is 518 g/mol. The lowest BCUT2D eigenvalue weighted by atomic mass is 9.87. The van der Waals surface area contributed by atoms with Crippen LogP contribution in [0.2, 0.25) is 0 Å². The molecule has 200 valence electrons. The molecule has 8 nitrogen and oxygen atoms in total. The number of nitrogens with one attached hydrogen (secondary N) is 1. The third-order valence-corrected chi connectivity index (χ3v) is 7.15. The summed E-state index contributed by atoms with van der Waals surface area (Å²) in [6.45, 7) is 1.39. The summed E-state index contributed by atoms with van der Waals surface area (Å²) in [7, 11) is 4.98. The van der Waals surface area contributed by atoms with E-state index in [0.717, 1.165) is 59.7 Å². The summed E-state index contributed by atoms with van der Waals surface area (Å²) in [4.78, 5) is 19.7. The highest BCUT2D eigenvalue weighted by Crippen LogP contribution is 2.44. The van der Waals surface area contributed by atoms with E-state index in [2.05, 4.69) is 21.3 Å². The first kappa shape index (κ1) is 25.9. The number of nitrogens with zero attached hydrogens (tertiary/aromatic N) is 2. The van der Waals surface area contributed by atoms with Crippen molar-refractivity contribution in [2.45, 2.75) is 44.4 Å². The Kier molecular flexibility index (Phi) is 7.98. The Labute approximate surface area is 223 Å². The number of pyridine rings is 1. The molecule has 0 bridgehead atoms. The zero-order valence-electron chi connectivity index (χ0n) is 22.2. The summed E-state index contributed by atoms with van der Waals surface area (Å²) in [5, 5.41) is 3.03. The van der Waals surface area contributed by atoms with Crippen molar-refractivity contribution in [2.75, 3.05) is 34.4 Å². The van der Waals surface area contributed by atoms with Gasteiger partial charge in [-0.05, 0) is 67.6 Å². The summed E-state index contributed by atoms with van der Waals surface area (Å²) >= 11 is 0. The Hall–Kier alpha value is -3.78. The molecule has 1 unspecified atom stereocenters. The highest BCUT2D eigenvalue weighted by atomic mass is 16.5. The highest BCUT2D eigenvalue weighted by Gasteiger charge is 2.35. The first-order chi connectivity index (χ1) is 18.6. The number of hydrogen-bond acceptors (Lipinski definition) is 7. The second-order valence-electron chi connectivity index (χ2n) is 9.70. The van der Waals surface area contributed by atoms with E-state index in [1.807, 2.05) is 42.5 Å². The van der Waals surface area contributed by atoms with Crippen LogP contribution in [0.15, 0.2) is 54.7 Å². The number of aromatic nitrogens is 1. The summed E-state index contributed by atoms with van der Waals surface area (Å²) in [5.41, 5.74) is 4.17. The van der Waals surface area contributed by atoms with Crippen LogP contribution in [-0.2, 0) is 24.2 Å². The molecule has 5 rings (SSSR count). The van der Waals surface area contributed by atoms with Crippen molar-refractivity contribution in [1.82, 2.24) is 15.2 Å². The van der Waals surface area contributed by atoms with Gasteiger partial charge >= 0.3 is 0 Å². The molecule has 0 spiro atoms. The minimum atomic E-state index is -0.0821. The number of benzene rings is 2. The molecule has 2 aromatic carbocycles. The lowest BCUT2D eigenvalue weighted by molar-refractivity contribution is -0.123. The van der Waals surface area contributed by atoms with Gasteiger partial charge in [-0.25, -0.2) is 0 Å². The number of carbonyl (C=O) groups is 1. The zero-order valence-corrected chi connectivity index (χ0v) is 22.2. The van der Waals surface area contributed by atoms with E-state index in [1.54, 1.807) is 27.5 Å². The largest absolute Gasteiger partial charge is 0.496 e. The molecular formula is C30H35N3O5. The Bertz CT molecular complexity index is 1260. The molecule has 0 saturated heterocycles. The van der Waals surface area contributed by atoms with Gasteiger partial charge in [0.2, 0.25) is 5.91 Å². The lowest BCUT2D eigenvalue weighted by Crippen LogP contribution is -2.43. The molecule has 1 atom stereocenters. The molecular weight excluding hydrogens is 482 g/mol. The summed E-state index contributed by atoms with van der Waals surface area (Å²) in [6, 6.07) is 15.6. The average Bonchev–Trinajstić information content (AvgIpc) is 3.77. The number of amides is 1. The SMILES string of the molecule is COc1ccc(CC2c3c(OC4CC4)ccc(OC)c3CCN2CC(=O)NCc2ccccn2)cc1OC. The maximum Gasteiger partial charge on any atom is 0.234 e. The standard InChI is InChI=1S/C30H35N3O5/c1-35-25-11-12-27(38-22-8-9-22)30-23(25)13-15-33(19-29(34)32-18-21-6-4-5-14-31-21)24(30)16-20-7-10-26(36-2)28(17-20)37-3/h4-7,10-12,14,17,22,24H,8-9,13,15-16,18-19H2,1-3H3,(H,32,34). The first-order valence-corrected chi connectivity index (χ1v) is 13.1. The number of hydrogen-bond donors (Lipinski definition) is 1. The molecule has 1 amide bonds. The molecule has 1 aromatic heterocycles. The van der Waals surface area contributed by atoms with E-state index in [1.165, 1.54) is 0 Å². The van der Waals surface area contributed by atoms with Gasteiger partial charge in [0.25, 0.3) is 0 Å². The van der Waals surface area contributed by atoms with Gasteiger partial charge in [0, 0.05) is 29.9 Å². The fourth-order valence-electron chi connectivity index (χ4n) is 5.08. The summed E-state index contributed by atoms with van der Waals surface area (Å²) in [5.74, 6) is 3.07. The van der Waals surface area contributed by atoms with Crippen molar-refractivity contribution in [2.24, 2.45) is 0 Å². The van der Waals surface area contributed by atoms with Gasteiger partial charge in [0.15, 0.2) is 11.5 Å². The monoisotopic (exact) mass is 517 g/mol. The van der Waals surface area contributed by atoms with Gasteiger partial charge in [-0.1, -0.05) is 12.1 Å². The van der Waals surface area contributed by atoms with E-state index in [0.29, 0.717) is 24.5 Å². The fraction of sp³-hybridized carbons (Fsp3) is 0.400. The van der Waals surface area contributed by atoms with Crippen LogP contribution < -0.4 is 24.3 Å². The van der Waals surface area contributed by atoms with E-state index in [-0.39, 0.29) is 24.6 Å². The number of carbonyl (C=O) groups excluding carboxylic acids is 1. The molecule has 2 aliphatic rings. The number of methoxy groups -OCH3 is 3. The molecule has 1 saturated carbocycles. The fourth-order valence-corrected chi connectivity index (χ4v) is 5.08. The number of rotatable bonds is 11. The minimum Gasteiger partial charge on any atom is -0.496 e. The lowest BCUT2D eigenvalue weighted by Gasteiger charge is -2.38. The minimum absolute atomic E-state index is 0.0380. The van der Waals surface area contributed by atoms with Crippen molar-refractivity contribution >= 4 is 5.91 Å². The molecule has 8 heteroatoms. The topological polar surface area (TPSA) is 82.2 Å². The molecule has 2 heterocycles. The van der Waals surface area contributed by atoms with Gasteiger partial charge in [-0.2, -0.15) is 0 Å². The Balaban J connectivity index is 1.45. The quantitative estimate of drug-likeness (QED) is 0.410. The van der Waals surface area contributed by atoms with Crippen molar-refractivity contribution < 1.29 is 23.7 Å². The summed E-state index contributed by atoms with van der Waals surface area (Å²) in [6.07, 6.45) is 5.58. The third kappa shape index (κ3) is 5.86. The molecule has 3 aromatic rings. The number of ether oxygens (including phenoxy) is 4. The van der Waals surface area contributed by atoms with Crippen molar-refractivity contribution in [3.8, 4) is 23.0 Å². The molecule has 1 aliphatic heterocycles. The van der Waals surface area contributed by atoms with Crippen molar-refractivity contribution in [1.29, 1.82) is 0 Å². The smallest absolute Gasteiger partial charge is 0.234 e. The first-order valence-electron chi connectivity index (χ1n) is 13.1. The van der Waals surface area contributed by atoms with E-state index >= 15 is 0 Å². The maximum absolute atomic E-state index is 13.1. The van der Waals surface area contributed by atoms with Crippen LogP contribution >= 0.6 is 0 Å². The maximum atomic E-state index is 13.1. The zero-order chi connectivity index (χ0) is 26.5. The second-order valence-corrected chi connectivity index (χ2v) is 9.70. The van der Waals surface area contributed by atoms with Crippen LogP contribution in [0, 0.1) is 0 Å². The van der Waals surface area contributed by atoms with Gasteiger partial charge in [-0.15, -0.1) is 0 Å². The van der Waals surface area contributed by atoms with Gasteiger partial charge < -0.3 is 24.3 Å².